The lowest BCUT2D eigenvalue weighted by Crippen LogP contribution is -2.43. The summed E-state index contributed by atoms with van der Waals surface area (Å²) in [7, 11) is 0. The van der Waals surface area contributed by atoms with Gasteiger partial charge in [0.25, 0.3) is 5.89 Å². The van der Waals surface area contributed by atoms with Crippen molar-refractivity contribution in [2.45, 2.75) is 32.5 Å². The Hall–Kier alpha value is -3.21. The quantitative estimate of drug-likeness (QED) is 0.676. The number of morpholine rings is 1. The Morgan fingerprint density at radius 2 is 2.13 bits per heavy atom. The Morgan fingerprint density at radius 1 is 1.32 bits per heavy atom. The Bertz CT molecular complexity index is 1070. The molecule has 0 saturated carbocycles. The molecule has 1 unspecified atom stereocenters. The molecule has 0 bridgehead atoms. The molecule has 1 atom stereocenters. The van der Waals surface area contributed by atoms with Gasteiger partial charge in [-0.15, -0.1) is 0 Å². The fourth-order valence-corrected chi connectivity index (χ4v) is 3.44. The number of alkyl halides is 3. The van der Waals surface area contributed by atoms with Gasteiger partial charge >= 0.3 is 6.18 Å². The van der Waals surface area contributed by atoms with Gasteiger partial charge in [0.05, 0.1) is 30.8 Å². The maximum atomic E-state index is 13.0. The van der Waals surface area contributed by atoms with Crippen LogP contribution in [-0.2, 0) is 22.1 Å². The van der Waals surface area contributed by atoms with Crippen LogP contribution in [0.25, 0.3) is 11.4 Å². The maximum Gasteiger partial charge on any atom is 0.416 e. The molecule has 8 nitrogen and oxygen atoms in total. The van der Waals surface area contributed by atoms with Crippen LogP contribution in [0.15, 0.2) is 28.8 Å². The Kier molecular flexibility index (Phi) is 5.52. The summed E-state index contributed by atoms with van der Waals surface area (Å²) in [5, 5.41) is 10.8. The summed E-state index contributed by atoms with van der Waals surface area (Å²) in [5.41, 5.74) is 1.86. The van der Waals surface area contributed by atoms with E-state index in [0.29, 0.717) is 6.54 Å². The Labute approximate surface area is 175 Å². The maximum absolute atomic E-state index is 13.0. The van der Waals surface area contributed by atoms with Crippen molar-refractivity contribution in [1.82, 2.24) is 25.2 Å². The molecule has 1 amide bonds. The van der Waals surface area contributed by atoms with Crippen LogP contribution in [0.4, 0.5) is 13.2 Å². The van der Waals surface area contributed by atoms with E-state index in [-0.39, 0.29) is 42.8 Å². The van der Waals surface area contributed by atoms with Gasteiger partial charge in [-0.25, -0.2) is 0 Å². The number of halogens is 3. The number of ether oxygens (including phenoxy) is 1. The zero-order valence-electron chi connectivity index (χ0n) is 16.9. The number of benzene rings is 1. The number of aryl methyl sites for hydroxylation is 2. The molecule has 0 spiro atoms. The highest BCUT2D eigenvalue weighted by atomic mass is 19.4. The lowest BCUT2D eigenvalue weighted by molar-refractivity contribution is -0.139. The normalized spacial score (nSPS) is 17.2. The van der Waals surface area contributed by atoms with Gasteiger partial charge in [-0.05, 0) is 26.0 Å². The number of amides is 1. The molecule has 2 aromatic heterocycles. The molecule has 164 valence electrons. The second-order valence-corrected chi connectivity index (χ2v) is 7.32. The second kappa shape index (κ2) is 8.14. The summed E-state index contributed by atoms with van der Waals surface area (Å²) in [6, 6.07) is 4.69. The van der Waals surface area contributed by atoms with Crippen LogP contribution in [0.5, 0.6) is 0 Å². The lowest BCUT2D eigenvalue weighted by Gasteiger charge is -2.31. The van der Waals surface area contributed by atoms with E-state index in [9.17, 15) is 18.0 Å². The third kappa shape index (κ3) is 4.46. The van der Waals surface area contributed by atoms with Crippen molar-refractivity contribution in [3.05, 3.63) is 52.7 Å². The Balaban J connectivity index is 1.47. The zero-order valence-corrected chi connectivity index (χ0v) is 16.9. The predicted octanol–water partition coefficient (Wildman–Crippen LogP) is 3.24. The number of nitrogens with one attached hydrogen (secondary N) is 1. The second-order valence-electron chi connectivity index (χ2n) is 7.32. The number of hydrogen-bond acceptors (Lipinski definition) is 6. The molecule has 1 fully saturated rings. The number of aromatic nitrogens is 4. The molecule has 4 rings (SSSR count). The number of carbonyl (C=O) groups is 1. The minimum atomic E-state index is -4.47. The first-order valence-corrected chi connectivity index (χ1v) is 9.63. The van der Waals surface area contributed by atoms with E-state index in [1.165, 1.54) is 12.1 Å². The van der Waals surface area contributed by atoms with E-state index in [1.807, 2.05) is 13.8 Å². The number of aromatic amines is 1. The monoisotopic (exact) mass is 435 g/mol. The van der Waals surface area contributed by atoms with E-state index < -0.39 is 17.8 Å². The van der Waals surface area contributed by atoms with Crippen molar-refractivity contribution in [2.24, 2.45) is 0 Å². The minimum absolute atomic E-state index is 0.0257. The highest BCUT2D eigenvalue weighted by molar-refractivity contribution is 5.79. The fraction of sp³-hybridized carbons (Fsp3) is 0.400. The van der Waals surface area contributed by atoms with Crippen molar-refractivity contribution in [3.63, 3.8) is 0 Å². The fourth-order valence-electron chi connectivity index (χ4n) is 3.44. The van der Waals surface area contributed by atoms with Crippen molar-refractivity contribution in [1.29, 1.82) is 0 Å². The molecule has 1 N–H and O–H groups in total. The molecule has 31 heavy (non-hydrogen) atoms. The summed E-state index contributed by atoms with van der Waals surface area (Å²) < 4.78 is 49.8. The largest absolute Gasteiger partial charge is 0.416 e. The van der Waals surface area contributed by atoms with Crippen molar-refractivity contribution in [3.8, 4) is 11.4 Å². The van der Waals surface area contributed by atoms with Crippen LogP contribution in [0, 0.1) is 13.8 Å². The SMILES string of the molecule is Cc1n[nH]c(C)c1CC(=O)N1CCOC(c2nc(-c3cccc(C(F)(F)F)c3)no2)C1. The molecule has 0 radical (unpaired) electrons. The van der Waals surface area contributed by atoms with Crippen molar-refractivity contribution >= 4 is 5.91 Å². The van der Waals surface area contributed by atoms with Gasteiger partial charge in [0, 0.05) is 23.4 Å². The molecular weight excluding hydrogens is 415 g/mol. The predicted molar refractivity (Wildman–Crippen MR) is 102 cm³/mol. The van der Waals surface area contributed by atoms with E-state index in [1.54, 1.807) is 4.90 Å². The number of nitrogens with zero attached hydrogens (tertiary/aromatic N) is 4. The standard InChI is InChI=1S/C20H20F3N5O3/c1-11-15(12(2)26-25-11)9-17(29)28-6-7-30-16(10-28)19-24-18(27-31-19)13-4-3-5-14(8-13)20(21,22)23/h3-5,8,16H,6-7,9-10H2,1-2H3,(H,25,26). The molecule has 1 saturated heterocycles. The molecule has 1 aliphatic rings. The van der Waals surface area contributed by atoms with E-state index in [0.717, 1.165) is 29.1 Å². The van der Waals surface area contributed by atoms with Gasteiger partial charge in [0.15, 0.2) is 6.10 Å². The molecule has 1 aliphatic heterocycles. The first-order chi connectivity index (χ1) is 14.7. The molecule has 3 aromatic rings. The topological polar surface area (TPSA) is 97.1 Å². The summed E-state index contributed by atoms with van der Waals surface area (Å²) in [6.07, 6.45) is -4.92. The van der Waals surface area contributed by atoms with Crippen LogP contribution in [0.3, 0.4) is 0 Å². The van der Waals surface area contributed by atoms with E-state index in [4.69, 9.17) is 9.26 Å². The number of carbonyl (C=O) groups excluding carboxylic acids is 1. The molecule has 1 aromatic carbocycles. The molecular formula is C20H20F3N5O3. The highest BCUT2D eigenvalue weighted by Gasteiger charge is 2.32. The first kappa shape index (κ1) is 21.0. The van der Waals surface area contributed by atoms with Gasteiger partial charge in [-0.1, -0.05) is 17.3 Å². The van der Waals surface area contributed by atoms with Gasteiger partial charge in [-0.2, -0.15) is 23.3 Å². The average Bonchev–Trinajstić information content (AvgIpc) is 3.36. The summed E-state index contributed by atoms with van der Waals surface area (Å²) in [5.74, 6) is 0.0527. The van der Waals surface area contributed by atoms with Gasteiger partial charge < -0.3 is 14.2 Å². The average molecular weight is 435 g/mol. The number of rotatable bonds is 4. The lowest BCUT2D eigenvalue weighted by atomic mass is 10.1. The van der Waals surface area contributed by atoms with E-state index in [2.05, 4.69) is 20.3 Å². The summed E-state index contributed by atoms with van der Waals surface area (Å²) >= 11 is 0. The summed E-state index contributed by atoms with van der Waals surface area (Å²) in [6.45, 7) is 4.60. The Morgan fingerprint density at radius 3 is 2.84 bits per heavy atom. The van der Waals surface area contributed by atoms with E-state index >= 15 is 0 Å². The van der Waals surface area contributed by atoms with Crippen LogP contribution in [-0.4, -0.2) is 50.8 Å². The molecule has 3 heterocycles. The van der Waals surface area contributed by atoms with Crippen molar-refractivity contribution < 1.29 is 27.2 Å². The minimum Gasteiger partial charge on any atom is -0.365 e. The molecule has 11 heteroatoms. The third-order valence-electron chi connectivity index (χ3n) is 5.19. The smallest absolute Gasteiger partial charge is 0.365 e. The van der Waals surface area contributed by atoms with Crippen LogP contribution in [0.2, 0.25) is 0 Å². The van der Waals surface area contributed by atoms with Gasteiger partial charge in [-0.3, -0.25) is 9.89 Å². The van der Waals surface area contributed by atoms with Crippen molar-refractivity contribution in [2.75, 3.05) is 19.7 Å². The number of H-pyrrole nitrogens is 1. The van der Waals surface area contributed by atoms with Crippen LogP contribution < -0.4 is 0 Å². The van der Waals surface area contributed by atoms with Gasteiger partial charge in [0.2, 0.25) is 11.7 Å². The van der Waals surface area contributed by atoms with Gasteiger partial charge in [0.1, 0.15) is 0 Å². The highest BCUT2D eigenvalue weighted by Crippen LogP contribution is 2.32. The first-order valence-electron chi connectivity index (χ1n) is 9.63. The third-order valence-corrected chi connectivity index (χ3v) is 5.19. The van der Waals surface area contributed by atoms with Crippen LogP contribution in [0.1, 0.15) is 34.5 Å². The zero-order chi connectivity index (χ0) is 22.2. The number of hydrogen-bond donors (Lipinski definition) is 1. The van der Waals surface area contributed by atoms with Crippen LogP contribution >= 0.6 is 0 Å². The summed E-state index contributed by atoms with van der Waals surface area (Å²) in [4.78, 5) is 18.6. The molecule has 0 aliphatic carbocycles.